The molecule has 0 spiro atoms. The van der Waals surface area contributed by atoms with Crippen LogP contribution in [0.15, 0.2) is 42.5 Å². The lowest BCUT2D eigenvalue weighted by atomic mass is 10.1. The van der Waals surface area contributed by atoms with Gasteiger partial charge in [0, 0.05) is 23.1 Å². The Hall–Kier alpha value is -2.04. The molecule has 0 saturated heterocycles. The highest BCUT2D eigenvalue weighted by Gasteiger charge is 2.27. The monoisotopic (exact) mass is 420 g/mol. The number of aryl methyl sites for hydroxylation is 1. The number of carbonyl (C=O) groups excluding carboxylic acids is 2. The third-order valence-electron chi connectivity index (χ3n) is 4.54. The number of nitrogens with one attached hydrogen (secondary N) is 1. The van der Waals surface area contributed by atoms with Gasteiger partial charge in [0.25, 0.3) is 0 Å². The van der Waals surface area contributed by atoms with Crippen molar-refractivity contribution in [1.29, 1.82) is 0 Å². The van der Waals surface area contributed by atoms with E-state index in [0.29, 0.717) is 28.7 Å². The highest BCUT2D eigenvalue weighted by molar-refractivity contribution is 6.36. The Bertz CT molecular complexity index is 819. The van der Waals surface area contributed by atoms with Crippen molar-refractivity contribution in [2.75, 3.05) is 6.54 Å². The van der Waals surface area contributed by atoms with Crippen molar-refractivity contribution in [3.8, 4) is 0 Å². The number of rotatable bonds is 8. The van der Waals surface area contributed by atoms with Crippen molar-refractivity contribution in [3.63, 3.8) is 0 Å². The van der Waals surface area contributed by atoms with Crippen molar-refractivity contribution in [2.24, 2.45) is 0 Å². The second kappa shape index (κ2) is 10.5. The summed E-state index contributed by atoms with van der Waals surface area (Å²) in [7, 11) is 0. The molecule has 4 nitrogen and oxygen atoms in total. The van der Waals surface area contributed by atoms with Gasteiger partial charge in [-0.3, -0.25) is 9.59 Å². The van der Waals surface area contributed by atoms with Gasteiger partial charge in [0.2, 0.25) is 11.8 Å². The molecule has 0 heterocycles. The molecule has 1 N–H and O–H groups in total. The van der Waals surface area contributed by atoms with Crippen LogP contribution in [0.2, 0.25) is 10.0 Å². The maximum Gasteiger partial charge on any atom is 0.242 e. The Morgan fingerprint density at radius 3 is 2.36 bits per heavy atom. The Morgan fingerprint density at radius 1 is 1.11 bits per heavy atom. The van der Waals surface area contributed by atoms with E-state index in [1.807, 2.05) is 38.1 Å². The summed E-state index contributed by atoms with van der Waals surface area (Å²) in [6.07, 6.45) is 0.870. The predicted molar refractivity (Wildman–Crippen MR) is 115 cm³/mol. The average molecular weight is 421 g/mol. The van der Waals surface area contributed by atoms with Gasteiger partial charge in [-0.05, 0) is 43.5 Å². The van der Waals surface area contributed by atoms with Gasteiger partial charge in [-0.15, -0.1) is 0 Å². The Kier molecular flexibility index (Phi) is 8.34. The molecule has 150 valence electrons. The molecule has 0 aromatic heterocycles. The number of carbonyl (C=O) groups is 2. The van der Waals surface area contributed by atoms with Crippen LogP contribution in [0.4, 0.5) is 0 Å². The van der Waals surface area contributed by atoms with Crippen LogP contribution in [0.3, 0.4) is 0 Å². The summed E-state index contributed by atoms with van der Waals surface area (Å²) < 4.78 is 0. The lowest BCUT2D eigenvalue weighted by Gasteiger charge is -2.29. The molecule has 28 heavy (non-hydrogen) atoms. The molecular formula is C22H26Cl2N2O2. The Morgan fingerprint density at radius 2 is 1.75 bits per heavy atom. The van der Waals surface area contributed by atoms with Gasteiger partial charge in [0.05, 0.1) is 6.42 Å². The van der Waals surface area contributed by atoms with E-state index in [4.69, 9.17) is 23.2 Å². The number of benzene rings is 2. The van der Waals surface area contributed by atoms with Crippen LogP contribution in [0.1, 0.15) is 37.0 Å². The smallest absolute Gasteiger partial charge is 0.242 e. The van der Waals surface area contributed by atoms with E-state index in [1.54, 1.807) is 30.0 Å². The average Bonchev–Trinajstić information content (AvgIpc) is 2.66. The van der Waals surface area contributed by atoms with E-state index in [1.165, 1.54) is 0 Å². The van der Waals surface area contributed by atoms with Crippen LogP contribution in [0.25, 0.3) is 0 Å². The normalized spacial score (nSPS) is 11.8. The molecule has 0 unspecified atom stereocenters. The summed E-state index contributed by atoms with van der Waals surface area (Å²) in [5.41, 5.74) is 2.64. The summed E-state index contributed by atoms with van der Waals surface area (Å²) >= 11 is 12.5. The molecule has 0 aliphatic rings. The molecule has 2 rings (SSSR count). The number of halogens is 2. The maximum atomic E-state index is 13.2. The minimum atomic E-state index is -0.610. The zero-order valence-electron chi connectivity index (χ0n) is 16.5. The molecule has 0 aliphatic heterocycles. The van der Waals surface area contributed by atoms with Crippen molar-refractivity contribution in [1.82, 2.24) is 10.2 Å². The van der Waals surface area contributed by atoms with Crippen LogP contribution in [0, 0.1) is 6.92 Å². The highest BCUT2D eigenvalue weighted by atomic mass is 35.5. The fourth-order valence-electron chi connectivity index (χ4n) is 2.94. The summed E-state index contributed by atoms with van der Waals surface area (Å²) in [6.45, 7) is 6.64. The standard InChI is InChI=1S/C22H26Cl2N2O2/c1-4-11-25-22(28)16(3)26(14-17-8-5-7-15(2)12-17)21(27)13-18-19(23)9-6-10-20(18)24/h5-10,12,16H,4,11,13-14H2,1-3H3,(H,25,28)/t16-/m1/s1. The van der Waals surface area contributed by atoms with Crippen LogP contribution in [-0.4, -0.2) is 29.3 Å². The Balaban J connectivity index is 2.28. The first-order valence-electron chi connectivity index (χ1n) is 9.39. The van der Waals surface area contributed by atoms with E-state index in [-0.39, 0.29) is 18.2 Å². The third kappa shape index (κ3) is 5.98. The van der Waals surface area contributed by atoms with Gasteiger partial charge < -0.3 is 10.2 Å². The predicted octanol–water partition coefficient (Wildman–Crippen LogP) is 4.79. The molecule has 0 aliphatic carbocycles. The fraction of sp³-hybridized carbons (Fsp3) is 0.364. The van der Waals surface area contributed by atoms with Crippen LogP contribution < -0.4 is 5.32 Å². The second-order valence-corrected chi connectivity index (χ2v) is 7.67. The van der Waals surface area contributed by atoms with Crippen molar-refractivity contribution < 1.29 is 9.59 Å². The topological polar surface area (TPSA) is 49.4 Å². The van der Waals surface area contributed by atoms with E-state index in [9.17, 15) is 9.59 Å². The highest BCUT2D eigenvalue weighted by Crippen LogP contribution is 2.26. The van der Waals surface area contributed by atoms with Crippen molar-refractivity contribution >= 4 is 35.0 Å². The quantitative estimate of drug-likeness (QED) is 0.667. The minimum Gasteiger partial charge on any atom is -0.354 e. The van der Waals surface area contributed by atoms with E-state index >= 15 is 0 Å². The lowest BCUT2D eigenvalue weighted by molar-refractivity contribution is -0.140. The first-order chi connectivity index (χ1) is 13.3. The molecule has 2 aromatic rings. The van der Waals surface area contributed by atoms with Gasteiger partial charge >= 0.3 is 0 Å². The maximum absolute atomic E-state index is 13.2. The Labute approximate surface area is 176 Å². The summed E-state index contributed by atoms with van der Waals surface area (Å²) in [5, 5.41) is 3.75. The lowest BCUT2D eigenvalue weighted by Crippen LogP contribution is -2.48. The summed E-state index contributed by atoms with van der Waals surface area (Å²) in [4.78, 5) is 27.3. The molecule has 0 bridgehead atoms. The first kappa shape index (κ1) is 22.3. The van der Waals surface area contributed by atoms with Gasteiger partial charge in [0.1, 0.15) is 6.04 Å². The van der Waals surface area contributed by atoms with Gasteiger partial charge in [0.15, 0.2) is 0 Å². The van der Waals surface area contributed by atoms with E-state index in [2.05, 4.69) is 5.32 Å². The van der Waals surface area contributed by atoms with Gasteiger partial charge in [-0.1, -0.05) is 66.0 Å². The van der Waals surface area contributed by atoms with E-state index < -0.39 is 6.04 Å². The molecule has 2 amide bonds. The molecule has 6 heteroatoms. The van der Waals surface area contributed by atoms with Crippen molar-refractivity contribution in [3.05, 3.63) is 69.2 Å². The number of hydrogen-bond donors (Lipinski definition) is 1. The van der Waals surface area contributed by atoms with Crippen LogP contribution in [0.5, 0.6) is 0 Å². The molecule has 2 aromatic carbocycles. The fourth-order valence-corrected chi connectivity index (χ4v) is 3.47. The molecule has 0 radical (unpaired) electrons. The SMILES string of the molecule is CCCNC(=O)[C@@H](C)N(Cc1cccc(C)c1)C(=O)Cc1c(Cl)cccc1Cl. The van der Waals surface area contributed by atoms with E-state index in [0.717, 1.165) is 17.5 Å². The minimum absolute atomic E-state index is 0.0374. The number of nitrogens with zero attached hydrogens (tertiary/aromatic N) is 1. The first-order valence-corrected chi connectivity index (χ1v) is 10.1. The second-order valence-electron chi connectivity index (χ2n) is 6.85. The number of hydrogen-bond acceptors (Lipinski definition) is 2. The van der Waals surface area contributed by atoms with Crippen LogP contribution >= 0.6 is 23.2 Å². The largest absolute Gasteiger partial charge is 0.354 e. The molecule has 0 saturated carbocycles. The molecule has 0 fully saturated rings. The van der Waals surface area contributed by atoms with Crippen LogP contribution in [-0.2, 0) is 22.6 Å². The molecular weight excluding hydrogens is 395 g/mol. The molecule has 1 atom stereocenters. The number of amides is 2. The van der Waals surface area contributed by atoms with Gasteiger partial charge in [-0.2, -0.15) is 0 Å². The summed E-state index contributed by atoms with van der Waals surface area (Å²) in [5.74, 6) is -0.372. The zero-order valence-corrected chi connectivity index (χ0v) is 18.0. The van der Waals surface area contributed by atoms with Crippen molar-refractivity contribution in [2.45, 2.75) is 46.2 Å². The van der Waals surface area contributed by atoms with Gasteiger partial charge in [-0.25, -0.2) is 0 Å². The zero-order chi connectivity index (χ0) is 20.7. The summed E-state index contributed by atoms with van der Waals surface area (Å²) in [6, 6.07) is 12.4. The third-order valence-corrected chi connectivity index (χ3v) is 5.25.